The number of amides is 2. The average Bonchev–Trinajstić information content (AvgIpc) is 2.84. The minimum atomic E-state index is -1.01. The van der Waals surface area contributed by atoms with Crippen LogP contribution in [-0.2, 0) is 11.3 Å². The third-order valence-corrected chi connectivity index (χ3v) is 3.86. The monoisotopic (exact) mass is 270 g/mol. The molecular formula is C11H18N4O2S. The lowest BCUT2D eigenvalue weighted by atomic mass is 9.92. The molecule has 0 fully saturated rings. The van der Waals surface area contributed by atoms with E-state index in [1.165, 1.54) is 11.3 Å². The van der Waals surface area contributed by atoms with Crippen LogP contribution in [0.15, 0.2) is 5.38 Å². The summed E-state index contributed by atoms with van der Waals surface area (Å²) in [6, 6.07) is 0. The van der Waals surface area contributed by atoms with E-state index < -0.39 is 17.4 Å². The van der Waals surface area contributed by atoms with Gasteiger partial charge in [-0.25, -0.2) is 4.98 Å². The Hall–Kier alpha value is -1.47. The van der Waals surface area contributed by atoms with Crippen LogP contribution in [0.25, 0.3) is 0 Å². The Morgan fingerprint density at radius 2 is 2.06 bits per heavy atom. The quantitative estimate of drug-likeness (QED) is 0.693. The molecule has 0 aromatic carbocycles. The van der Waals surface area contributed by atoms with E-state index in [-0.39, 0.29) is 5.69 Å². The van der Waals surface area contributed by atoms with E-state index in [0.29, 0.717) is 24.4 Å². The maximum Gasteiger partial charge on any atom is 0.271 e. The van der Waals surface area contributed by atoms with Crippen LogP contribution < -0.4 is 16.8 Å². The van der Waals surface area contributed by atoms with Gasteiger partial charge in [-0.1, -0.05) is 13.8 Å². The van der Waals surface area contributed by atoms with Gasteiger partial charge in [-0.3, -0.25) is 9.59 Å². The van der Waals surface area contributed by atoms with Crippen molar-refractivity contribution in [3.63, 3.8) is 0 Å². The first-order chi connectivity index (χ1) is 8.49. The average molecular weight is 270 g/mol. The maximum atomic E-state index is 12.0. The minimum Gasteiger partial charge on any atom is -0.368 e. The van der Waals surface area contributed by atoms with Crippen LogP contribution in [0.1, 0.15) is 42.2 Å². The smallest absolute Gasteiger partial charge is 0.271 e. The van der Waals surface area contributed by atoms with E-state index in [4.69, 9.17) is 11.5 Å². The molecule has 0 aliphatic rings. The molecule has 5 N–H and O–H groups in total. The summed E-state index contributed by atoms with van der Waals surface area (Å²) in [5, 5.41) is 4.97. The second-order valence-electron chi connectivity index (χ2n) is 3.94. The van der Waals surface area contributed by atoms with Gasteiger partial charge in [0, 0.05) is 11.9 Å². The summed E-state index contributed by atoms with van der Waals surface area (Å²) in [7, 11) is 0. The highest BCUT2D eigenvalue weighted by molar-refractivity contribution is 7.09. The fourth-order valence-electron chi connectivity index (χ4n) is 1.63. The summed E-state index contributed by atoms with van der Waals surface area (Å²) in [5.41, 5.74) is 10.1. The fraction of sp³-hybridized carbons (Fsp3) is 0.545. The van der Waals surface area contributed by atoms with Crippen LogP contribution in [0.5, 0.6) is 0 Å². The molecule has 1 rings (SSSR count). The Morgan fingerprint density at radius 3 is 2.44 bits per heavy atom. The molecular weight excluding hydrogens is 252 g/mol. The molecule has 2 amide bonds. The largest absolute Gasteiger partial charge is 0.368 e. The van der Waals surface area contributed by atoms with Crippen molar-refractivity contribution in [1.82, 2.24) is 10.3 Å². The highest BCUT2D eigenvalue weighted by Crippen LogP contribution is 2.16. The third-order valence-electron chi connectivity index (χ3n) is 2.99. The molecule has 0 atom stereocenters. The van der Waals surface area contributed by atoms with Crippen molar-refractivity contribution >= 4 is 23.2 Å². The first-order valence-electron chi connectivity index (χ1n) is 5.76. The molecule has 0 bridgehead atoms. The number of carbonyl (C=O) groups is 2. The number of nitrogens with zero attached hydrogens (tertiary/aromatic N) is 1. The number of hydrogen-bond acceptors (Lipinski definition) is 5. The number of nitrogens with two attached hydrogens (primary N) is 2. The molecule has 1 aromatic rings. The number of thiazole rings is 1. The fourth-order valence-corrected chi connectivity index (χ4v) is 2.28. The Kier molecular flexibility index (Phi) is 4.80. The van der Waals surface area contributed by atoms with Crippen LogP contribution in [0, 0.1) is 0 Å². The number of nitrogens with one attached hydrogen (secondary N) is 1. The van der Waals surface area contributed by atoms with E-state index in [0.717, 1.165) is 0 Å². The lowest BCUT2D eigenvalue weighted by molar-refractivity contribution is -0.124. The van der Waals surface area contributed by atoms with Crippen LogP contribution in [-0.4, -0.2) is 22.3 Å². The summed E-state index contributed by atoms with van der Waals surface area (Å²) in [5.74, 6) is -0.927. The molecule has 0 saturated heterocycles. The molecule has 1 heterocycles. The number of rotatable bonds is 6. The second kappa shape index (κ2) is 5.92. The van der Waals surface area contributed by atoms with Crippen molar-refractivity contribution < 1.29 is 9.59 Å². The first kappa shape index (κ1) is 14.6. The molecule has 1 aromatic heterocycles. The molecule has 18 heavy (non-hydrogen) atoms. The summed E-state index contributed by atoms with van der Waals surface area (Å²) in [6.45, 7) is 3.91. The van der Waals surface area contributed by atoms with Gasteiger partial charge in [0.25, 0.3) is 5.91 Å². The third kappa shape index (κ3) is 2.85. The molecule has 6 nitrogen and oxygen atoms in total. The zero-order chi connectivity index (χ0) is 13.8. The van der Waals surface area contributed by atoms with Gasteiger partial charge >= 0.3 is 0 Å². The Balaban J connectivity index is 2.88. The zero-order valence-corrected chi connectivity index (χ0v) is 11.3. The van der Waals surface area contributed by atoms with E-state index in [9.17, 15) is 9.59 Å². The topological polar surface area (TPSA) is 111 Å². The normalized spacial score (nSPS) is 11.3. The first-order valence-corrected chi connectivity index (χ1v) is 6.64. The van der Waals surface area contributed by atoms with E-state index in [1.807, 2.05) is 0 Å². The molecule has 100 valence electrons. The predicted molar refractivity (Wildman–Crippen MR) is 70.0 cm³/mol. The standard InChI is InChI=1S/C11H18N4O2S/c1-3-11(4-2,10(13)17)15-9(16)7-6-18-8(5-12)14-7/h6H,3-5,12H2,1-2H3,(H2,13,17)(H,15,16). The minimum absolute atomic E-state index is 0.271. The Bertz CT molecular complexity index is 440. The lowest BCUT2D eigenvalue weighted by Crippen LogP contribution is -2.56. The summed E-state index contributed by atoms with van der Waals surface area (Å²) in [6.07, 6.45) is 0.886. The Morgan fingerprint density at radius 1 is 1.44 bits per heavy atom. The number of hydrogen-bond donors (Lipinski definition) is 3. The second-order valence-corrected chi connectivity index (χ2v) is 4.88. The van der Waals surface area contributed by atoms with E-state index >= 15 is 0 Å². The van der Waals surface area contributed by atoms with Crippen LogP contribution >= 0.6 is 11.3 Å². The molecule has 0 saturated carbocycles. The van der Waals surface area contributed by atoms with Gasteiger partial charge in [0.1, 0.15) is 16.2 Å². The van der Waals surface area contributed by atoms with Crippen molar-refractivity contribution in [2.45, 2.75) is 38.8 Å². The van der Waals surface area contributed by atoms with Gasteiger partial charge in [0.05, 0.1) is 0 Å². The Labute approximate surface area is 110 Å². The van der Waals surface area contributed by atoms with Gasteiger partial charge in [0.2, 0.25) is 5.91 Å². The van der Waals surface area contributed by atoms with Gasteiger partial charge in [0.15, 0.2) is 0 Å². The summed E-state index contributed by atoms with van der Waals surface area (Å²) < 4.78 is 0. The molecule has 0 aliphatic carbocycles. The van der Waals surface area contributed by atoms with Gasteiger partial charge in [-0.2, -0.15) is 0 Å². The maximum absolute atomic E-state index is 12.0. The predicted octanol–water partition coefficient (Wildman–Crippen LogP) is 0.376. The zero-order valence-electron chi connectivity index (χ0n) is 10.5. The molecule has 0 aliphatic heterocycles. The molecule has 0 spiro atoms. The van der Waals surface area contributed by atoms with E-state index in [2.05, 4.69) is 10.3 Å². The SMILES string of the molecule is CCC(CC)(NC(=O)c1csc(CN)n1)C(N)=O. The van der Waals surface area contributed by atoms with Gasteiger partial charge in [-0.05, 0) is 12.8 Å². The van der Waals surface area contributed by atoms with Crippen molar-refractivity contribution in [1.29, 1.82) is 0 Å². The van der Waals surface area contributed by atoms with Crippen molar-refractivity contribution in [3.05, 3.63) is 16.1 Å². The molecule has 0 unspecified atom stereocenters. The highest BCUT2D eigenvalue weighted by atomic mass is 32.1. The van der Waals surface area contributed by atoms with Crippen LogP contribution in [0.2, 0.25) is 0 Å². The summed E-state index contributed by atoms with van der Waals surface area (Å²) in [4.78, 5) is 27.5. The van der Waals surface area contributed by atoms with E-state index in [1.54, 1.807) is 19.2 Å². The molecule has 7 heteroatoms. The lowest BCUT2D eigenvalue weighted by Gasteiger charge is -2.28. The highest BCUT2D eigenvalue weighted by Gasteiger charge is 2.35. The van der Waals surface area contributed by atoms with Gasteiger partial charge in [-0.15, -0.1) is 11.3 Å². The number of carbonyl (C=O) groups excluding carboxylic acids is 2. The van der Waals surface area contributed by atoms with Gasteiger partial charge < -0.3 is 16.8 Å². The number of aromatic nitrogens is 1. The van der Waals surface area contributed by atoms with Crippen LogP contribution in [0.4, 0.5) is 0 Å². The van der Waals surface area contributed by atoms with Crippen molar-refractivity contribution in [2.75, 3.05) is 0 Å². The van der Waals surface area contributed by atoms with Crippen molar-refractivity contribution in [2.24, 2.45) is 11.5 Å². The molecule has 0 radical (unpaired) electrons. The number of primary amides is 1. The van der Waals surface area contributed by atoms with Crippen LogP contribution in [0.3, 0.4) is 0 Å². The summed E-state index contributed by atoms with van der Waals surface area (Å²) >= 11 is 1.31. The van der Waals surface area contributed by atoms with Crippen molar-refractivity contribution in [3.8, 4) is 0 Å².